The normalized spacial score (nSPS) is 18.4. The molecule has 0 radical (unpaired) electrons. The number of nitrogens with zero attached hydrogens (tertiary/aromatic N) is 4. The molecule has 1 aromatic carbocycles. The average Bonchev–Trinajstić information content (AvgIpc) is 3.29. The van der Waals surface area contributed by atoms with Gasteiger partial charge in [0.1, 0.15) is 12.6 Å². The molecule has 4 amide bonds. The van der Waals surface area contributed by atoms with E-state index in [1.807, 2.05) is 44.2 Å². The van der Waals surface area contributed by atoms with Crippen molar-refractivity contribution in [1.82, 2.24) is 35.6 Å². The molecule has 244 valence electrons. The predicted octanol–water partition coefficient (Wildman–Crippen LogP) is 2.17. The molecule has 1 aliphatic heterocycles. The molecule has 0 aliphatic carbocycles. The number of amides is 4. The molecule has 3 N–H and O–H groups in total. The minimum absolute atomic E-state index is 0.0230. The highest BCUT2D eigenvalue weighted by atomic mass is 16.2. The number of aryl methyl sites for hydroxylation is 2. The molecule has 0 spiro atoms. The molecule has 2 aromatic heterocycles. The molecule has 3 aromatic rings. The maximum atomic E-state index is 13.9. The summed E-state index contributed by atoms with van der Waals surface area (Å²) >= 11 is 0. The Morgan fingerprint density at radius 1 is 1.04 bits per heavy atom. The van der Waals surface area contributed by atoms with Gasteiger partial charge in [0, 0.05) is 31.2 Å². The van der Waals surface area contributed by atoms with Crippen molar-refractivity contribution in [3.63, 3.8) is 0 Å². The van der Waals surface area contributed by atoms with Crippen molar-refractivity contribution in [2.24, 2.45) is 5.92 Å². The Kier molecular flexibility index (Phi) is 11.4. The van der Waals surface area contributed by atoms with Crippen LogP contribution in [0.3, 0.4) is 0 Å². The Morgan fingerprint density at radius 3 is 2.46 bits per heavy atom. The SMILES string of the molecule is CC(=O)c1c(C)nn(CC(=O)N2CC(=O)NCCCc3cncc(c3)C(=O)N[C@H](C(C)C)C(=O)N[C@H](Cc3ccccc3)C2)c1C. The Balaban J connectivity index is 1.67. The minimum Gasteiger partial charge on any atom is -0.355 e. The van der Waals surface area contributed by atoms with Crippen LogP contribution in [0, 0.1) is 19.8 Å². The molecule has 2 atom stereocenters. The van der Waals surface area contributed by atoms with Crippen LogP contribution < -0.4 is 16.0 Å². The number of pyridine rings is 1. The number of rotatable bonds is 6. The molecule has 0 unspecified atom stereocenters. The molecule has 0 fully saturated rings. The van der Waals surface area contributed by atoms with E-state index in [9.17, 15) is 24.0 Å². The van der Waals surface area contributed by atoms with E-state index in [0.29, 0.717) is 48.3 Å². The van der Waals surface area contributed by atoms with E-state index in [2.05, 4.69) is 26.0 Å². The van der Waals surface area contributed by atoms with Gasteiger partial charge in [-0.2, -0.15) is 5.10 Å². The first-order valence-corrected chi connectivity index (χ1v) is 15.6. The van der Waals surface area contributed by atoms with E-state index in [1.165, 1.54) is 22.7 Å². The van der Waals surface area contributed by atoms with E-state index in [1.54, 1.807) is 26.1 Å². The fourth-order valence-electron chi connectivity index (χ4n) is 5.72. The second-order valence-corrected chi connectivity index (χ2v) is 12.2. The second-order valence-electron chi connectivity index (χ2n) is 12.2. The largest absolute Gasteiger partial charge is 0.355 e. The van der Waals surface area contributed by atoms with Gasteiger partial charge in [-0.1, -0.05) is 44.2 Å². The topological polar surface area (TPSA) is 155 Å². The lowest BCUT2D eigenvalue weighted by molar-refractivity contribution is -0.137. The van der Waals surface area contributed by atoms with Crippen LogP contribution in [-0.2, 0) is 33.8 Å². The van der Waals surface area contributed by atoms with Crippen LogP contribution in [0.15, 0.2) is 48.8 Å². The Hall–Kier alpha value is -4.87. The summed E-state index contributed by atoms with van der Waals surface area (Å²) in [6, 6.07) is 9.80. The van der Waals surface area contributed by atoms with E-state index >= 15 is 0 Å². The number of Topliss-reactive ketones (excluding diaryl/α,β-unsaturated/α-hetero) is 1. The van der Waals surface area contributed by atoms with Crippen LogP contribution in [0.25, 0.3) is 0 Å². The van der Waals surface area contributed by atoms with Crippen LogP contribution in [0.5, 0.6) is 0 Å². The summed E-state index contributed by atoms with van der Waals surface area (Å²) in [6.07, 6.45) is 4.67. The predicted molar refractivity (Wildman–Crippen MR) is 172 cm³/mol. The van der Waals surface area contributed by atoms with Crippen molar-refractivity contribution in [2.45, 2.75) is 72.5 Å². The van der Waals surface area contributed by atoms with Gasteiger partial charge in [-0.25, -0.2) is 0 Å². The molecule has 12 heteroatoms. The average molecular weight is 630 g/mol. The monoisotopic (exact) mass is 629 g/mol. The number of carbonyl (C=O) groups is 5. The van der Waals surface area contributed by atoms with Gasteiger partial charge in [-0.15, -0.1) is 0 Å². The van der Waals surface area contributed by atoms with Gasteiger partial charge >= 0.3 is 0 Å². The molecule has 3 heterocycles. The quantitative estimate of drug-likeness (QED) is 0.353. The van der Waals surface area contributed by atoms with Gasteiger partial charge in [0.05, 0.1) is 29.4 Å². The second kappa shape index (κ2) is 15.4. The number of benzene rings is 1. The van der Waals surface area contributed by atoms with Crippen LogP contribution in [0.1, 0.15) is 70.4 Å². The van der Waals surface area contributed by atoms with Crippen LogP contribution in [0.4, 0.5) is 0 Å². The van der Waals surface area contributed by atoms with Gasteiger partial charge < -0.3 is 20.9 Å². The van der Waals surface area contributed by atoms with Crippen LogP contribution in [-0.4, -0.2) is 80.8 Å². The molecular formula is C34H43N7O5. The first kappa shape index (κ1) is 34.0. The molecule has 0 saturated heterocycles. The summed E-state index contributed by atoms with van der Waals surface area (Å²) in [7, 11) is 0. The third kappa shape index (κ3) is 8.86. The van der Waals surface area contributed by atoms with E-state index < -0.39 is 29.8 Å². The van der Waals surface area contributed by atoms with Crippen molar-refractivity contribution < 1.29 is 24.0 Å². The van der Waals surface area contributed by atoms with Gasteiger partial charge in [-0.3, -0.25) is 33.6 Å². The highest BCUT2D eigenvalue weighted by molar-refractivity contribution is 5.98. The Bertz CT molecular complexity index is 1580. The fraction of sp³-hybridized carbons (Fsp3) is 0.441. The summed E-state index contributed by atoms with van der Waals surface area (Å²) in [5.41, 5.74) is 3.65. The van der Waals surface area contributed by atoms with Crippen molar-refractivity contribution in [1.29, 1.82) is 0 Å². The Labute approximate surface area is 269 Å². The van der Waals surface area contributed by atoms with Gasteiger partial charge in [-0.05, 0) is 63.1 Å². The molecule has 12 nitrogen and oxygen atoms in total. The molecule has 46 heavy (non-hydrogen) atoms. The molecular weight excluding hydrogens is 586 g/mol. The summed E-state index contributed by atoms with van der Waals surface area (Å²) < 4.78 is 1.48. The molecule has 4 rings (SSSR count). The summed E-state index contributed by atoms with van der Waals surface area (Å²) in [5, 5.41) is 13.2. The van der Waals surface area contributed by atoms with Crippen LogP contribution in [0.2, 0.25) is 0 Å². The zero-order valence-electron chi connectivity index (χ0n) is 27.1. The first-order valence-electron chi connectivity index (χ1n) is 15.6. The lowest BCUT2D eigenvalue weighted by Crippen LogP contribution is -2.56. The van der Waals surface area contributed by atoms with Crippen molar-refractivity contribution in [3.05, 3.63) is 82.4 Å². The smallest absolute Gasteiger partial charge is 0.253 e. The fourth-order valence-corrected chi connectivity index (χ4v) is 5.72. The summed E-state index contributed by atoms with van der Waals surface area (Å²) in [4.78, 5) is 71.9. The standard InChI is InChI=1S/C34H43N7O5/c1-21(2)32-34(46)37-28(15-25-10-7-6-8-11-25)18-40(30(44)20-41-23(4)31(24(5)42)22(3)39-41)19-29(43)36-13-9-12-26-14-27(17-35-16-26)33(45)38-32/h6-8,10-11,14,16-17,21,28,32H,9,12-13,15,18-20H2,1-5H3,(H,36,43)(H,37,46)(H,38,45)/t28-,32-/m1/s1. The highest BCUT2D eigenvalue weighted by Gasteiger charge is 2.30. The van der Waals surface area contributed by atoms with Crippen LogP contribution >= 0.6 is 0 Å². The lowest BCUT2D eigenvalue weighted by atomic mass is 10.0. The zero-order chi connectivity index (χ0) is 33.4. The number of hydrogen-bond acceptors (Lipinski definition) is 7. The summed E-state index contributed by atoms with van der Waals surface area (Å²) in [6.45, 7) is 8.55. The number of hydrogen-bond donors (Lipinski definition) is 3. The van der Waals surface area contributed by atoms with Crippen molar-refractivity contribution in [3.8, 4) is 0 Å². The Morgan fingerprint density at radius 2 is 1.78 bits per heavy atom. The third-order valence-corrected chi connectivity index (χ3v) is 8.08. The highest BCUT2D eigenvalue weighted by Crippen LogP contribution is 2.15. The maximum absolute atomic E-state index is 13.9. The zero-order valence-corrected chi connectivity index (χ0v) is 27.1. The van der Waals surface area contributed by atoms with Crippen molar-refractivity contribution >= 4 is 29.4 Å². The van der Waals surface area contributed by atoms with Gasteiger partial charge in [0.15, 0.2) is 5.78 Å². The van der Waals surface area contributed by atoms with E-state index in [0.717, 1.165) is 11.1 Å². The lowest BCUT2D eigenvalue weighted by Gasteiger charge is -2.30. The number of carbonyl (C=O) groups excluding carboxylic acids is 5. The van der Waals surface area contributed by atoms with Crippen molar-refractivity contribution in [2.75, 3.05) is 19.6 Å². The third-order valence-electron chi connectivity index (χ3n) is 8.08. The first-order chi connectivity index (χ1) is 21.9. The van der Waals surface area contributed by atoms with E-state index in [-0.39, 0.29) is 37.2 Å². The maximum Gasteiger partial charge on any atom is 0.253 e. The van der Waals surface area contributed by atoms with Gasteiger partial charge in [0.2, 0.25) is 17.7 Å². The summed E-state index contributed by atoms with van der Waals surface area (Å²) in [5.74, 6) is -1.94. The van der Waals surface area contributed by atoms with Gasteiger partial charge in [0.25, 0.3) is 5.91 Å². The minimum atomic E-state index is -0.864. The van der Waals surface area contributed by atoms with E-state index in [4.69, 9.17) is 0 Å². The number of aromatic nitrogens is 3. The molecule has 2 bridgehead atoms. The molecule has 0 saturated carbocycles. The molecule has 1 aliphatic rings. The number of ketones is 1. The number of nitrogens with one attached hydrogen (secondary N) is 3. The number of fused-ring (bicyclic) bond motifs is 2.